The fourth-order valence-corrected chi connectivity index (χ4v) is 3.78. The van der Waals surface area contributed by atoms with Crippen molar-refractivity contribution in [3.05, 3.63) is 23.8 Å². The monoisotopic (exact) mass is 283 g/mol. The van der Waals surface area contributed by atoms with Gasteiger partial charge in [-0.2, -0.15) is 0 Å². The van der Waals surface area contributed by atoms with Crippen molar-refractivity contribution in [2.75, 3.05) is 29.6 Å². The van der Waals surface area contributed by atoms with Gasteiger partial charge >= 0.3 is 0 Å². The van der Waals surface area contributed by atoms with Gasteiger partial charge < -0.3 is 16.4 Å². The molecule has 0 aromatic heterocycles. The van der Waals surface area contributed by atoms with Crippen LogP contribution in [0.5, 0.6) is 0 Å². The number of amides is 1. The van der Waals surface area contributed by atoms with Crippen molar-refractivity contribution in [1.82, 2.24) is 5.32 Å². The number of anilines is 2. The molecule has 1 atom stereocenters. The lowest BCUT2D eigenvalue weighted by molar-refractivity contribution is 0.0963. The van der Waals surface area contributed by atoms with Gasteiger partial charge in [-0.25, -0.2) is 8.42 Å². The molecule has 19 heavy (non-hydrogen) atoms. The van der Waals surface area contributed by atoms with E-state index in [9.17, 15) is 13.2 Å². The maximum Gasteiger partial charge on any atom is 0.251 e. The van der Waals surface area contributed by atoms with E-state index in [0.717, 1.165) is 0 Å². The van der Waals surface area contributed by atoms with E-state index >= 15 is 0 Å². The number of rotatable bonds is 3. The van der Waals surface area contributed by atoms with Crippen molar-refractivity contribution < 1.29 is 13.2 Å². The minimum Gasteiger partial charge on any atom is -0.397 e. The fraction of sp³-hybridized carbons (Fsp3) is 0.417. The Morgan fingerprint density at radius 1 is 1.42 bits per heavy atom. The number of hydrogen-bond acceptors (Lipinski definition) is 5. The maximum atomic E-state index is 11.4. The Balaban J connectivity index is 2.12. The molecule has 0 saturated carbocycles. The normalized spacial score (nSPS) is 21.0. The van der Waals surface area contributed by atoms with E-state index < -0.39 is 9.84 Å². The molecule has 1 fully saturated rings. The number of nitrogens with one attached hydrogen (secondary N) is 2. The molecular formula is C12H17N3O3S. The van der Waals surface area contributed by atoms with Crippen LogP contribution in [-0.2, 0) is 9.84 Å². The highest BCUT2D eigenvalue weighted by Gasteiger charge is 2.28. The predicted molar refractivity (Wildman–Crippen MR) is 74.9 cm³/mol. The van der Waals surface area contributed by atoms with Gasteiger partial charge in [0.05, 0.1) is 22.9 Å². The first kappa shape index (κ1) is 13.7. The van der Waals surface area contributed by atoms with E-state index in [-0.39, 0.29) is 23.5 Å². The highest BCUT2D eigenvalue weighted by Crippen LogP contribution is 2.23. The summed E-state index contributed by atoms with van der Waals surface area (Å²) in [6.45, 7) is 0. The lowest BCUT2D eigenvalue weighted by Gasteiger charge is -2.15. The maximum absolute atomic E-state index is 11.4. The van der Waals surface area contributed by atoms with E-state index in [1.165, 1.54) is 0 Å². The minimum atomic E-state index is -2.92. The average Bonchev–Trinajstić information content (AvgIpc) is 2.70. The predicted octanol–water partition coefficient (Wildman–Crippen LogP) is 0.227. The summed E-state index contributed by atoms with van der Waals surface area (Å²) in [6, 6.07) is 4.81. The van der Waals surface area contributed by atoms with E-state index in [1.807, 2.05) is 0 Å². The standard InChI is InChI=1S/C12H17N3O3S/c1-14-12(16)8-2-3-11(10(13)6-8)15-9-4-5-19(17,18)7-9/h2-3,6,9,15H,4-5,7,13H2,1H3,(H,14,16). The van der Waals surface area contributed by atoms with Gasteiger partial charge in [-0.1, -0.05) is 0 Å². The largest absolute Gasteiger partial charge is 0.397 e. The first-order valence-corrected chi connectivity index (χ1v) is 7.82. The van der Waals surface area contributed by atoms with Crippen molar-refractivity contribution in [1.29, 1.82) is 0 Å². The second kappa shape index (κ2) is 5.08. The third kappa shape index (κ3) is 3.17. The van der Waals surface area contributed by atoms with E-state index in [4.69, 9.17) is 5.73 Å². The van der Waals surface area contributed by atoms with Crippen LogP contribution in [0.15, 0.2) is 18.2 Å². The molecule has 1 unspecified atom stereocenters. The molecule has 4 N–H and O–H groups in total. The van der Waals surface area contributed by atoms with Crippen LogP contribution in [0.3, 0.4) is 0 Å². The van der Waals surface area contributed by atoms with Gasteiger partial charge in [0.1, 0.15) is 0 Å². The summed E-state index contributed by atoms with van der Waals surface area (Å²) in [4.78, 5) is 11.4. The molecule has 1 aromatic rings. The van der Waals surface area contributed by atoms with Gasteiger partial charge in [0.25, 0.3) is 5.91 Å². The topological polar surface area (TPSA) is 101 Å². The smallest absolute Gasteiger partial charge is 0.251 e. The zero-order valence-electron chi connectivity index (χ0n) is 10.6. The van der Waals surface area contributed by atoms with Crippen LogP contribution in [0.25, 0.3) is 0 Å². The molecule has 0 radical (unpaired) electrons. The SMILES string of the molecule is CNC(=O)c1ccc(NC2CCS(=O)(=O)C2)c(N)c1. The molecule has 1 aliphatic rings. The second-order valence-electron chi connectivity index (χ2n) is 4.63. The van der Waals surface area contributed by atoms with Crippen molar-refractivity contribution in [3.8, 4) is 0 Å². The van der Waals surface area contributed by atoms with E-state index in [0.29, 0.717) is 23.4 Å². The van der Waals surface area contributed by atoms with Crippen LogP contribution in [0.1, 0.15) is 16.8 Å². The van der Waals surface area contributed by atoms with Gasteiger partial charge in [0.2, 0.25) is 0 Å². The molecule has 7 heteroatoms. The molecule has 0 spiro atoms. The summed E-state index contributed by atoms with van der Waals surface area (Å²) in [6.07, 6.45) is 0.582. The summed E-state index contributed by atoms with van der Waals surface area (Å²) in [5, 5.41) is 5.63. The quantitative estimate of drug-likeness (QED) is 0.689. The third-order valence-electron chi connectivity index (χ3n) is 3.13. The van der Waals surface area contributed by atoms with E-state index in [1.54, 1.807) is 25.2 Å². The summed E-state index contributed by atoms with van der Waals surface area (Å²) < 4.78 is 22.7. The van der Waals surface area contributed by atoms with Crippen molar-refractivity contribution in [3.63, 3.8) is 0 Å². The van der Waals surface area contributed by atoms with Gasteiger partial charge in [-0.05, 0) is 24.6 Å². The molecule has 1 aromatic carbocycles. The number of sulfone groups is 1. The van der Waals surface area contributed by atoms with E-state index in [2.05, 4.69) is 10.6 Å². The van der Waals surface area contributed by atoms with Crippen LogP contribution in [-0.4, -0.2) is 38.9 Å². The summed E-state index contributed by atoms with van der Waals surface area (Å²) in [5.74, 6) is 0.131. The zero-order chi connectivity index (χ0) is 14.0. The fourth-order valence-electron chi connectivity index (χ4n) is 2.11. The summed E-state index contributed by atoms with van der Waals surface area (Å²) in [5.41, 5.74) is 7.44. The van der Waals surface area contributed by atoms with Gasteiger partial charge in [0.15, 0.2) is 9.84 Å². The highest BCUT2D eigenvalue weighted by molar-refractivity contribution is 7.91. The number of carbonyl (C=O) groups excluding carboxylic acids is 1. The molecule has 1 saturated heterocycles. The highest BCUT2D eigenvalue weighted by atomic mass is 32.2. The lowest BCUT2D eigenvalue weighted by Crippen LogP contribution is -2.22. The second-order valence-corrected chi connectivity index (χ2v) is 6.85. The molecule has 104 valence electrons. The summed E-state index contributed by atoms with van der Waals surface area (Å²) in [7, 11) is -1.37. The van der Waals surface area contributed by atoms with Crippen molar-refractivity contribution in [2.24, 2.45) is 0 Å². The van der Waals surface area contributed by atoms with Crippen LogP contribution < -0.4 is 16.4 Å². The molecule has 2 rings (SSSR count). The van der Waals surface area contributed by atoms with Crippen molar-refractivity contribution >= 4 is 27.1 Å². The number of carbonyl (C=O) groups is 1. The Bertz CT molecular complexity index is 598. The summed E-state index contributed by atoms with van der Waals surface area (Å²) >= 11 is 0. The van der Waals surface area contributed by atoms with Crippen LogP contribution in [0, 0.1) is 0 Å². The van der Waals surface area contributed by atoms with Gasteiger partial charge in [-0.3, -0.25) is 4.79 Å². The number of benzene rings is 1. The molecule has 0 bridgehead atoms. The molecule has 1 heterocycles. The average molecular weight is 283 g/mol. The van der Waals surface area contributed by atoms with Crippen LogP contribution >= 0.6 is 0 Å². The first-order valence-electron chi connectivity index (χ1n) is 6.00. The molecule has 6 nitrogen and oxygen atoms in total. The number of nitrogens with two attached hydrogens (primary N) is 1. The zero-order valence-corrected chi connectivity index (χ0v) is 11.5. The van der Waals surface area contributed by atoms with Gasteiger partial charge in [-0.15, -0.1) is 0 Å². The van der Waals surface area contributed by atoms with Crippen LogP contribution in [0.2, 0.25) is 0 Å². The Morgan fingerprint density at radius 3 is 2.68 bits per heavy atom. The molecule has 1 aliphatic heterocycles. The molecule has 1 amide bonds. The Hall–Kier alpha value is -1.76. The third-order valence-corrected chi connectivity index (χ3v) is 4.90. The molecular weight excluding hydrogens is 266 g/mol. The van der Waals surface area contributed by atoms with Crippen molar-refractivity contribution in [2.45, 2.75) is 12.5 Å². The number of hydrogen-bond donors (Lipinski definition) is 3. The lowest BCUT2D eigenvalue weighted by atomic mass is 10.1. The molecule has 0 aliphatic carbocycles. The Labute approximate surface area is 112 Å². The minimum absolute atomic E-state index is 0.113. The Kier molecular flexibility index (Phi) is 3.66. The van der Waals surface area contributed by atoms with Crippen LogP contribution in [0.4, 0.5) is 11.4 Å². The Morgan fingerprint density at radius 2 is 2.16 bits per heavy atom. The first-order chi connectivity index (χ1) is 8.91. The van der Waals surface area contributed by atoms with Gasteiger partial charge in [0, 0.05) is 18.7 Å². The number of nitrogen functional groups attached to an aromatic ring is 1.